The minimum atomic E-state index is -0.507. The lowest BCUT2D eigenvalue weighted by molar-refractivity contribution is -0.120. The summed E-state index contributed by atoms with van der Waals surface area (Å²) < 4.78 is 16.4. The number of furan rings is 1. The fourth-order valence-corrected chi connectivity index (χ4v) is 3.79. The van der Waals surface area contributed by atoms with Crippen LogP contribution in [0.3, 0.4) is 0 Å². The normalized spacial score (nSPS) is 11.3. The third-order valence-electron chi connectivity index (χ3n) is 5.30. The second-order valence-electron chi connectivity index (χ2n) is 7.26. The number of hydrogen-bond acceptors (Lipinski definition) is 5. The zero-order chi connectivity index (χ0) is 21.3. The SMILES string of the molecule is COCCNC(=O)Cc1c(C)c2cc3c(-c4ccccc4)c(C)oc3cc2oc1=O. The number of ether oxygens (including phenoxy) is 1. The largest absolute Gasteiger partial charge is 0.461 e. The molecule has 4 rings (SSSR count). The van der Waals surface area contributed by atoms with Crippen LogP contribution in [0.5, 0.6) is 0 Å². The quantitative estimate of drug-likeness (QED) is 0.385. The second-order valence-corrected chi connectivity index (χ2v) is 7.26. The van der Waals surface area contributed by atoms with Crippen LogP contribution in [0.25, 0.3) is 33.1 Å². The first-order valence-electron chi connectivity index (χ1n) is 9.80. The van der Waals surface area contributed by atoms with Gasteiger partial charge in [0.1, 0.15) is 16.9 Å². The van der Waals surface area contributed by atoms with Crippen molar-refractivity contribution in [1.82, 2.24) is 5.32 Å². The smallest absolute Gasteiger partial charge is 0.340 e. The molecule has 0 unspecified atom stereocenters. The highest BCUT2D eigenvalue weighted by Gasteiger charge is 2.19. The molecule has 30 heavy (non-hydrogen) atoms. The molecule has 0 radical (unpaired) electrons. The van der Waals surface area contributed by atoms with Crippen LogP contribution >= 0.6 is 0 Å². The number of benzene rings is 2. The fourth-order valence-electron chi connectivity index (χ4n) is 3.79. The topological polar surface area (TPSA) is 81.7 Å². The molecule has 1 amide bonds. The van der Waals surface area contributed by atoms with Gasteiger partial charge < -0.3 is 18.9 Å². The molecule has 0 spiro atoms. The number of nitrogens with one attached hydrogen (secondary N) is 1. The fraction of sp³-hybridized carbons (Fsp3) is 0.250. The van der Waals surface area contributed by atoms with Gasteiger partial charge in [-0.1, -0.05) is 30.3 Å². The molecule has 0 fully saturated rings. The second kappa shape index (κ2) is 8.16. The predicted molar refractivity (Wildman–Crippen MR) is 116 cm³/mol. The molecular weight excluding hydrogens is 382 g/mol. The van der Waals surface area contributed by atoms with Crippen LogP contribution in [-0.2, 0) is 16.0 Å². The van der Waals surface area contributed by atoms with Crippen molar-refractivity contribution in [1.29, 1.82) is 0 Å². The first-order chi connectivity index (χ1) is 14.5. The molecular formula is C24H23NO5. The predicted octanol–water partition coefficient (Wildman–Crippen LogP) is 4.13. The van der Waals surface area contributed by atoms with Crippen molar-refractivity contribution in [3.8, 4) is 11.1 Å². The summed E-state index contributed by atoms with van der Waals surface area (Å²) in [6.07, 6.45) is -0.0399. The first-order valence-corrected chi connectivity index (χ1v) is 9.80. The molecule has 2 aromatic carbocycles. The van der Waals surface area contributed by atoms with E-state index in [4.69, 9.17) is 13.6 Å². The number of rotatable bonds is 6. The van der Waals surface area contributed by atoms with E-state index in [-0.39, 0.29) is 12.3 Å². The molecule has 0 bridgehead atoms. The van der Waals surface area contributed by atoms with E-state index in [0.717, 1.165) is 33.2 Å². The lowest BCUT2D eigenvalue weighted by atomic mass is 9.98. The number of hydrogen-bond donors (Lipinski definition) is 1. The van der Waals surface area contributed by atoms with Crippen molar-refractivity contribution >= 4 is 27.8 Å². The van der Waals surface area contributed by atoms with Gasteiger partial charge in [-0.2, -0.15) is 0 Å². The van der Waals surface area contributed by atoms with E-state index in [1.165, 1.54) is 0 Å². The summed E-state index contributed by atoms with van der Waals surface area (Å²) in [5, 5.41) is 4.47. The third kappa shape index (κ3) is 3.62. The summed E-state index contributed by atoms with van der Waals surface area (Å²) in [5.74, 6) is 0.552. The Hall–Kier alpha value is -3.38. The number of methoxy groups -OCH3 is 1. The average Bonchev–Trinajstić information content (AvgIpc) is 3.05. The van der Waals surface area contributed by atoms with Gasteiger partial charge >= 0.3 is 5.63 Å². The Balaban J connectivity index is 1.83. The summed E-state index contributed by atoms with van der Waals surface area (Å²) in [6, 6.07) is 13.7. The maximum absolute atomic E-state index is 12.5. The molecule has 0 saturated carbocycles. The molecule has 0 saturated heterocycles. The molecule has 0 aliphatic rings. The van der Waals surface area contributed by atoms with E-state index >= 15 is 0 Å². The summed E-state index contributed by atoms with van der Waals surface area (Å²) in [6.45, 7) is 4.57. The molecule has 6 nitrogen and oxygen atoms in total. The van der Waals surface area contributed by atoms with Gasteiger partial charge in [0.2, 0.25) is 5.91 Å². The van der Waals surface area contributed by atoms with Crippen molar-refractivity contribution in [2.45, 2.75) is 20.3 Å². The molecule has 2 heterocycles. The van der Waals surface area contributed by atoms with E-state index in [0.29, 0.717) is 29.9 Å². The van der Waals surface area contributed by atoms with Gasteiger partial charge in [-0.05, 0) is 31.0 Å². The summed E-state index contributed by atoms with van der Waals surface area (Å²) >= 11 is 0. The van der Waals surface area contributed by atoms with Crippen molar-refractivity contribution in [2.24, 2.45) is 0 Å². The minimum absolute atomic E-state index is 0.0399. The number of aryl methyl sites for hydroxylation is 2. The number of amides is 1. The standard InChI is InChI=1S/C24H23NO5/c1-14-17-11-19-21(29-15(2)23(19)16-7-5-4-6-8-16)13-20(17)30-24(27)18(14)12-22(26)25-9-10-28-3/h4-8,11,13H,9-10,12H2,1-3H3,(H,25,26). The zero-order valence-electron chi connectivity index (χ0n) is 17.2. The molecule has 154 valence electrons. The van der Waals surface area contributed by atoms with Crippen LogP contribution in [-0.4, -0.2) is 26.2 Å². The van der Waals surface area contributed by atoms with Crippen LogP contribution in [0.2, 0.25) is 0 Å². The Morgan fingerprint density at radius 2 is 1.77 bits per heavy atom. The van der Waals surface area contributed by atoms with E-state index in [1.54, 1.807) is 13.2 Å². The lowest BCUT2D eigenvalue weighted by Crippen LogP contribution is -2.30. The number of carbonyl (C=O) groups is 1. The third-order valence-corrected chi connectivity index (χ3v) is 5.30. The Labute approximate surface area is 173 Å². The van der Waals surface area contributed by atoms with Crippen molar-refractivity contribution in [3.05, 3.63) is 69.8 Å². The summed E-state index contributed by atoms with van der Waals surface area (Å²) in [4.78, 5) is 24.8. The van der Waals surface area contributed by atoms with Crippen LogP contribution in [0.1, 0.15) is 16.9 Å². The van der Waals surface area contributed by atoms with E-state index in [2.05, 4.69) is 5.32 Å². The van der Waals surface area contributed by atoms with Crippen molar-refractivity contribution in [2.75, 3.05) is 20.3 Å². The first kappa shape index (κ1) is 19.9. The average molecular weight is 405 g/mol. The number of carbonyl (C=O) groups excluding carboxylic acids is 1. The maximum Gasteiger partial charge on any atom is 0.340 e. The summed E-state index contributed by atoms with van der Waals surface area (Å²) in [7, 11) is 1.57. The van der Waals surface area contributed by atoms with Gasteiger partial charge in [-0.15, -0.1) is 0 Å². The lowest BCUT2D eigenvalue weighted by Gasteiger charge is -2.09. The van der Waals surface area contributed by atoms with Crippen molar-refractivity contribution < 1.29 is 18.4 Å². The number of fused-ring (bicyclic) bond motifs is 2. The molecule has 1 N–H and O–H groups in total. The zero-order valence-corrected chi connectivity index (χ0v) is 17.2. The molecule has 0 aliphatic carbocycles. The van der Waals surface area contributed by atoms with E-state index < -0.39 is 5.63 Å². The van der Waals surface area contributed by atoms with Crippen LogP contribution in [0.15, 0.2) is 56.1 Å². The highest BCUT2D eigenvalue weighted by molar-refractivity contribution is 6.03. The molecule has 6 heteroatoms. The van der Waals surface area contributed by atoms with Crippen LogP contribution < -0.4 is 10.9 Å². The van der Waals surface area contributed by atoms with E-state index in [9.17, 15) is 9.59 Å². The Morgan fingerprint density at radius 1 is 1.03 bits per heavy atom. The van der Waals surface area contributed by atoms with Gasteiger partial charge in [0.05, 0.1) is 18.6 Å². The van der Waals surface area contributed by atoms with Crippen molar-refractivity contribution in [3.63, 3.8) is 0 Å². The molecule has 4 aromatic rings. The Morgan fingerprint density at radius 3 is 2.50 bits per heavy atom. The maximum atomic E-state index is 12.5. The van der Waals surface area contributed by atoms with Crippen LogP contribution in [0, 0.1) is 13.8 Å². The molecule has 0 atom stereocenters. The van der Waals surface area contributed by atoms with E-state index in [1.807, 2.05) is 50.2 Å². The van der Waals surface area contributed by atoms with Gasteiger partial charge in [-0.3, -0.25) is 4.79 Å². The highest BCUT2D eigenvalue weighted by Crippen LogP contribution is 2.37. The molecule has 2 aromatic heterocycles. The van der Waals surface area contributed by atoms with Crippen LogP contribution in [0.4, 0.5) is 0 Å². The summed E-state index contributed by atoms with van der Waals surface area (Å²) in [5.41, 5.74) is 3.76. The van der Waals surface area contributed by atoms with Gasteiger partial charge in [0.25, 0.3) is 0 Å². The van der Waals surface area contributed by atoms with Gasteiger partial charge in [-0.25, -0.2) is 4.79 Å². The molecule has 0 aliphatic heterocycles. The monoisotopic (exact) mass is 405 g/mol. The Bertz CT molecular complexity index is 1280. The van der Waals surface area contributed by atoms with Gasteiger partial charge in [0, 0.05) is 36.1 Å². The van der Waals surface area contributed by atoms with Gasteiger partial charge in [0.15, 0.2) is 0 Å². The Kier molecular flexibility index (Phi) is 5.42. The highest BCUT2D eigenvalue weighted by atomic mass is 16.5. The minimum Gasteiger partial charge on any atom is -0.461 e.